The summed E-state index contributed by atoms with van der Waals surface area (Å²) in [6, 6.07) is 2.13. The second-order valence-corrected chi connectivity index (χ2v) is 8.48. The monoisotopic (exact) mass is 183 g/mol. The number of hydrogen-bond donors (Lipinski definition) is 0. The van der Waals surface area contributed by atoms with E-state index in [9.17, 15) is 0 Å². The molecule has 0 rings (SSSR count). The first-order valence-electron chi connectivity index (χ1n) is 4.07. The summed E-state index contributed by atoms with van der Waals surface area (Å²) in [5, 5.41) is 8.74. The van der Waals surface area contributed by atoms with Gasteiger partial charge >= 0.3 is 0 Å². The molecule has 0 saturated carbocycles. The van der Waals surface area contributed by atoms with E-state index >= 15 is 0 Å². The summed E-state index contributed by atoms with van der Waals surface area (Å²) < 4.78 is 5.60. The number of nitriles is 1. The van der Waals surface area contributed by atoms with Crippen molar-refractivity contribution in [2.75, 3.05) is 0 Å². The lowest BCUT2D eigenvalue weighted by Gasteiger charge is -2.19. The maximum Gasteiger partial charge on any atom is 0.185 e. The van der Waals surface area contributed by atoms with Crippen LogP contribution in [0, 0.1) is 11.3 Å². The van der Waals surface area contributed by atoms with E-state index in [4.69, 9.17) is 9.69 Å². The summed E-state index contributed by atoms with van der Waals surface area (Å²) >= 11 is 0. The van der Waals surface area contributed by atoms with E-state index in [1.807, 2.05) is 19.9 Å². The lowest BCUT2D eigenvalue weighted by Crippen LogP contribution is -2.30. The third-order valence-corrected chi connectivity index (χ3v) is 2.05. The van der Waals surface area contributed by atoms with Gasteiger partial charge in [0.05, 0.1) is 6.07 Å². The van der Waals surface area contributed by atoms with Crippen molar-refractivity contribution in [2.24, 2.45) is 0 Å². The van der Waals surface area contributed by atoms with E-state index < -0.39 is 8.32 Å². The maximum absolute atomic E-state index is 8.74. The van der Waals surface area contributed by atoms with Gasteiger partial charge in [-0.1, -0.05) is 5.57 Å². The molecule has 1 atom stereocenters. The largest absolute Gasteiger partial charge is 0.399 e. The molecule has 68 valence electrons. The molecule has 0 heterocycles. The Morgan fingerprint density at radius 1 is 1.42 bits per heavy atom. The molecule has 0 aromatic heterocycles. The molecule has 0 aliphatic rings. The van der Waals surface area contributed by atoms with Gasteiger partial charge in [-0.2, -0.15) is 5.26 Å². The van der Waals surface area contributed by atoms with Crippen molar-refractivity contribution >= 4 is 8.32 Å². The third-order valence-electron chi connectivity index (χ3n) is 1.09. The predicted molar refractivity (Wildman–Crippen MR) is 53.3 cm³/mol. The molecular weight excluding hydrogens is 166 g/mol. The highest BCUT2D eigenvalue weighted by atomic mass is 28.4. The molecular formula is C9H17NOSi. The van der Waals surface area contributed by atoms with Crippen molar-refractivity contribution in [3.05, 3.63) is 11.6 Å². The molecule has 0 aromatic carbocycles. The molecule has 0 aromatic rings. The summed E-state index contributed by atoms with van der Waals surface area (Å²) in [6.45, 7) is 10.2. The smallest absolute Gasteiger partial charge is 0.185 e. The van der Waals surface area contributed by atoms with Crippen molar-refractivity contribution in [2.45, 2.75) is 39.6 Å². The Balaban J connectivity index is 4.23. The van der Waals surface area contributed by atoms with Crippen LogP contribution in [0.25, 0.3) is 0 Å². The van der Waals surface area contributed by atoms with E-state index in [-0.39, 0.29) is 6.10 Å². The van der Waals surface area contributed by atoms with Crippen molar-refractivity contribution < 1.29 is 4.43 Å². The van der Waals surface area contributed by atoms with Crippen LogP contribution in [0.3, 0.4) is 0 Å². The van der Waals surface area contributed by atoms with Crippen LogP contribution in [0.5, 0.6) is 0 Å². The highest BCUT2D eigenvalue weighted by Gasteiger charge is 2.18. The van der Waals surface area contributed by atoms with Crippen LogP contribution >= 0.6 is 0 Å². The minimum atomic E-state index is -1.58. The van der Waals surface area contributed by atoms with Crippen molar-refractivity contribution in [1.82, 2.24) is 0 Å². The zero-order valence-corrected chi connectivity index (χ0v) is 9.51. The van der Waals surface area contributed by atoms with Crippen molar-refractivity contribution in [3.8, 4) is 6.07 Å². The summed E-state index contributed by atoms with van der Waals surface area (Å²) in [5.74, 6) is 0. The van der Waals surface area contributed by atoms with Crippen LogP contribution in [0.4, 0.5) is 0 Å². The molecule has 1 unspecified atom stereocenters. The van der Waals surface area contributed by atoms with Gasteiger partial charge in [-0.3, -0.25) is 0 Å². The van der Waals surface area contributed by atoms with Gasteiger partial charge < -0.3 is 4.43 Å². The molecule has 2 nitrogen and oxygen atoms in total. The predicted octanol–water partition coefficient (Wildman–Crippen LogP) is 2.70. The molecule has 0 aliphatic heterocycles. The summed E-state index contributed by atoms with van der Waals surface area (Å²) in [6.07, 6.45) is 1.50. The molecule has 0 spiro atoms. The summed E-state index contributed by atoms with van der Waals surface area (Å²) in [7, 11) is -1.58. The SMILES string of the molecule is CC(C)=CC(C#N)O[Si](C)(C)C. The Morgan fingerprint density at radius 3 is 2.17 bits per heavy atom. The molecule has 0 amide bonds. The minimum absolute atomic E-state index is 0.360. The second kappa shape index (κ2) is 4.44. The number of nitrogens with zero attached hydrogens (tertiary/aromatic N) is 1. The lowest BCUT2D eigenvalue weighted by molar-refractivity contribution is 0.295. The third kappa shape index (κ3) is 6.14. The Kier molecular flexibility index (Phi) is 4.22. The van der Waals surface area contributed by atoms with Gasteiger partial charge in [-0.25, -0.2) is 0 Å². The first-order chi connectivity index (χ1) is 5.35. The number of rotatable bonds is 3. The highest BCUT2D eigenvalue weighted by molar-refractivity contribution is 6.69. The van der Waals surface area contributed by atoms with Crippen LogP contribution in [0.1, 0.15) is 13.8 Å². The van der Waals surface area contributed by atoms with Crippen LogP contribution in [0.2, 0.25) is 19.6 Å². The van der Waals surface area contributed by atoms with Gasteiger partial charge in [0.25, 0.3) is 0 Å². The minimum Gasteiger partial charge on any atom is -0.399 e. The van der Waals surface area contributed by atoms with Crippen LogP contribution < -0.4 is 0 Å². The standard InChI is InChI=1S/C9H17NOSi/c1-8(2)6-9(7-10)11-12(3,4)5/h6,9H,1-5H3. The highest BCUT2D eigenvalue weighted by Crippen LogP contribution is 2.09. The molecule has 0 aliphatic carbocycles. The first-order valence-corrected chi connectivity index (χ1v) is 7.48. The van der Waals surface area contributed by atoms with Crippen LogP contribution in [-0.2, 0) is 4.43 Å². The van der Waals surface area contributed by atoms with Gasteiger partial charge in [0.1, 0.15) is 0 Å². The zero-order valence-electron chi connectivity index (χ0n) is 8.51. The fourth-order valence-corrected chi connectivity index (χ4v) is 1.66. The first kappa shape index (κ1) is 11.4. The maximum atomic E-state index is 8.74. The van der Waals surface area contributed by atoms with Gasteiger partial charge in [0.15, 0.2) is 14.4 Å². The molecule has 0 radical (unpaired) electrons. The number of hydrogen-bond acceptors (Lipinski definition) is 2. The number of allylic oxidation sites excluding steroid dienone is 1. The van der Waals surface area contributed by atoms with E-state index in [0.29, 0.717) is 0 Å². The zero-order chi connectivity index (χ0) is 9.78. The van der Waals surface area contributed by atoms with E-state index in [0.717, 1.165) is 5.57 Å². The van der Waals surface area contributed by atoms with Crippen LogP contribution in [-0.4, -0.2) is 14.4 Å². The Bertz CT molecular complexity index is 206. The van der Waals surface area contributed by atoms with Crippen molar-refractivity contribution in [1.29, 1.82) is 5.26 Å². The van der Waals surface area contributed by atoms with E-state index in [1.165, 1.54) is 0 Å². The quantitative estimate of drug-likeness (QED) is 0.498. The topological polar surface area (TPSA) is 33.0 Å². The van der Waals surface area contributed by atoms with Gasteiger partial charge in [0.2, 0.25) is 0 Å². The second-order valence-electron chi connectivity index (χ2n) is 4.02. The fraction of sp³-hybridized carbons (Fsp3) is 0.667. The molecule has 0 bridgehead atoms. The lowest BCUT2D eigenvalue weighted by atomic mass is 10.2. The molecule has 3 heteroatoms. The van der Waals surface area contributed by atoms with Crippen molar-refractivity contribution in [3.63, 3.8) is 0 Å². The average molecular weight is 183 g/mol. The average Bonchev–Trinajstić information content (AvgIpc) is 1.82. The van der Waals surface area contributed by atoms with E-state index in [2.05, 4.69) is 25.7 Å². The van der Waals surface area contributed by atoms with Crippen LogP contribution in [0.15, 0.2) is 11.6 Å². The normalized spacial score (nSPS) is 13.3. The summed E-state index contributed by atoms with van der Waals surface area (Å²) in [4.78, 5) is 0. The van der Waals surface area contributed by atoms with Gasteiger partial charge in [-0.15, -0.1) is 0 Å². The molecule has 0 N–H and O–H groups in total. The molecule has 12 heavy (non-hydrogen) atoms. The Hall–Kier alpha value is -0.593. The Labute approximate surface area is 76.0 Å². The van der Waals surface area contributed by atoms with E-state index in [1.54, 1.807) is 0 Å². The fourth-order valence-electron chi connectivity index (χ4n) is 0.781. The summed E-state index contributed by atoms with van der Waals surface area (Å²) in [5.41, 5.74) is 1.12. The Morgan fingerprint density at radius 2 is 1.92 bits per heavy atom. The molecule has 0 fully saturated rings. The molecule has 0 saturated heterocycles. The van der Waals surface area contributed by atoms with Gasteiger partial charge in [-0.05, 0) is 39.6 Å². The van der Waals surface area contributed by atoms with Gasteiger partial charge in [0, 0.05) is 0 Å².